The Bertz CT molecular complexity index is 624. The number of halogens is 1. The van der Waals surface area contributed by atoms with Crippen LogP contribution in [0.1, 0.15) is 10.4 Å². The van der Waals surface area contributed by atoms with Crippen molar-refractivity contribution < 1.29 is 9.21 Å². The largest absolute Gasteiger partial charge is 0.456 e. The minimum atomic E-state index is 0.654. The highest BCUT2D eigenvalue weighted by atomic mass is 79.9. The van der Waals surface area contributed by atoms with Crippen molar-refractivity contribution in [3.05, 3.63) is 34.3 Å². The standard InChI is InChI=1S/C11H5BrO2/c12-9-4-8-7(3-6(9)5-13)10-1-2-11(8)14-10/h1-5H. The summed E-state index contributed by atoms with van der Waals surface area (Å²) in [6.45, 7) is 0. The molecule has 0 radical (unpaired) electrons. The predicted molar refractivity (Wildman–Crippen MR) is 58.0 cm³/mol. The molecule has 1 aromatic carbocycles. The highest BCUT2D eigenvalue weighted by Gasteiger charge is 2.11. The van der Waals surface area contributed by atoms with E-state index in [9.17, 15) is 4.79 Å². The zero-order valence-electron chi connectivity index (χ0n) is 7.08. The molecule has 2 heterocycles. The maximum atomic E-state index is 10.7. The molecule has 2 nitrogen and oxygen atoms in total. The first kappa shape index (κ1) is 8.00. The van der Waals surface area contributed by atoms with Gasteiger partial charge in [0.1, 0.15) is 11.2 Å². The summed E-state index contributed by atoms with van der Waals surface area (Å²) in [5, 5.41) is 2.06. The number of carbonyl (C=O) groups excluding carboxylic acids is 1. The molecule has 0 spiro atoms. The highest BCUT2D eigenvalue weighted by molar-refractivity contribution is 9.10. The Morgan fingerprint density at radius 3 is 2.43 bits per heavy atom. The Morgan fingerprint density at radius 1 is 1.14 bits per heavy atom. The molecule has 0 saturated heterocycles. The first-order valence-electron chi connectivity index (χ1n) is 4.19. The summed E-state index contributed by atoms with van der Waals surface area (Å²) in [6.07, 6.45) is 0.839. The number of rotatable bonds is 1. The van der Waals surface area contributed by atoms with E-state index in [0.29, 0.717) is 5.56 Å². The Balaban J connectivity index is 2.54. The molecule has 14 heavy (non-hydrogen) atoms. The molecule has 3 rings (SSSR count). The van der Waals surface area contributed by atoms with E-state index in [4.69, 9.17) is 4.42 Å². The van der Waals surface area contributed by atoms with Gasteiger partial charge in [-0.25, -0.2) is 0 Å². The summed E-state index contributed by atoms with van der Waals surface area (Å²) in [5.41, 5.74) is 2.36. The second-order valence-electron chi connectivity index (χ2n) is 3.20. The molecule has 0 amide bonds. The average Bonchev–Trinajstić information content (AvgIpc) is 2.77. The molecule has 3 heteroatoms. The van der Waals surface area contributed by atoms with Gasteiger partial charge >= 0.3 is 0 Å². The van der Waals surface area contributed by atoms with Crippen molar-refractivity contribution in [2.75, 3.05) is 0 Å². The van der Waals surface area contributed by atoms with E-state index in [1.165, 1.54) is 0 Å². The third-order valence-corrected chi connectivity index (χ3v) is 3.09. The second kappa shape index (κ2) is 2.58. The molecule has 2 bridgehead atoms. The molecule has 0 saturated carbocycles. The first-order chi connectivity index (χ1) is 6.79. The Labute approximate surface area is 88.0 Å². The zero-order chi connectivity index (χ0) is 9.71. The predicted octanol–water partition coefficient (Wildman–Crippen LogP) is 3.60. The summed E-state index contributed by atoms with van der Waals surface area (Å²) >= 11 is 3.35. The topological polar surface area (TPSA) is 30.2 Å². The lowest BCUT2D eigenvalue weighted by molar-refractivity contribution is 0.112. The molecular weight excluding hydrogens is 244 g/mol. The van der Waals surface area contributed by atoms with Crippen LogP contribution in [0.25, 0.3) is 21.9 Å². The van der Waals surface area contributed by atoms with Crippen LogP contribution in [0.4, 0.5) is 0 Å². The third-order valence-electron chi connectivity index (χ3n) is 2.40. The summed E-state index contributed by atoms with van der Waals surface area (Å²) in [5.74, 6) is 0. The Kier molecular flexibility index (Phi) is 1.47. The Morgan fingerprint density at radius 2 is 1.79 bits per heavy atom. The van der Waals surface area contributed by atoms with E-state index in [1.807, 2.05) is 24.3 Å². The fourth-order valence-corrected chi connectivity index (χ4v) is 2.15. The van der Waals surface area contributed by atoms with Gasteiger partial charge in [-0.1, -0.05) is 15.9 Å². The van der Waals surface area contributed by atoms with Gasteiger partial charge in [-0.3, -0.25) is 4.79 Å². The molecule has 0 aliphatic heterocycles. The van der Waals surface area contributed by atoms with Crippen molar-refractivity contribution in [1.29, 1.82) is 0 Å². The lowest BCUT2D eigenvalue weighted by atomic mass is 10.1. The van der Waals surface area contributed by atoms with Crippen molar-refractivity contribution >= 4 is 44.2 Å². The average molecular weight is 249 g/mol. The summed E-state index contributed by atoms with van der Waals surface area (Å²) < 4.78 is 6.29. The molecule has 0 aliphatic carbocycles. The maximum absolute atomic E-state index is 10.7. The van der Waals surface area contributed by atoms with Crippen LogP contribution >= 0.6 is 15.9 Å². The normalized spacial score (nSPS) is 11.5. The number of furan rings is 2. The lowest BCUT2D eigenvalue weighted by Crippen LogP contribution is -1.81. The number of benzene rings is 2. The van der Waals surface area contributed by atoms with E-state index in [-0.39, 0.29) is 0 Å². The number of aldehydes is 1. The van der Waals surface area contributed by atoms with Crippen molar-refractivity contribution in [2.24, 2.45) is 0 Å². The first-order valence-corrected chi connectivity index (χ1v) is 4.98. The number of hydrogen-bond acceptors (Lipinski definition) is 2. The molecule has 0 atom stereocenters. The molecule has 0 aliphatic rings. The van der Waals surface area contributed by atoms with Gasteiger partial charge in [0.15, 0.2) is 6.29 Å². The minimum Gasteiger partial charge on any atom is -0.456 e. The van der Waals surface area contributed by atoms with Crippen LogP contribution in [0.5, 0.6) is 0 Å². The van der Waals surface area contributed by atoms with Gasteiger partial charge in [-0.15, -0.1) is 0 Å². The van der Waals surface area contributed by atoms with Crippen molar-refractivity contribution in [3.8, 4) is 0 Å². The van der Waals surface area contributed by atoms with E-state index in [2.05, 4.69) is 15.9 Å². The van der Waals surface area contributed by atoms with Crippen molar-refractivity contribution in [1.82, 2.24) is 0 Å². The number of fused-ring (bicyclic) bond motifs is 5. The summed E-state index contributed by atoms with van der Waals surface area (Å²) in [4.78, 5) is 10.7. The quantitative estimate of drug-likeness (QED) is 0.617. The van der Waals surface area contributed by atoms with Crippen LogP contribution in [-0.4, -0.2) is 6.29 Å². The highest BCUT2D eigenvalue weighted by Crippen LogP contribution is 2.34. The van der Waals surface area contributed by atoms with Crippen LogP contribution < -0.4 is 0 Å². The van der Waals surface area contributed by atoms with Crippen LogP contribution in [0.2, 0.25) is 0 Å². The van der Waals surface area contributed by atoms with Gasteiger partial charge in [0, 0.05) is 20.8 Å². The van der Waals surface area contributed by atoms with E-state index >= 15 is 0 Å². The summed E-state index contributed by atoms with van der Waals surface area (Å²) in [6, 6.07) is 7.62. The van der Waals surface area contributed by atoms with Crippen LogP contribution in [0, 0.1) is 0 Å². The van der Waals surface area contributed by atoms with Crippen LogP contribution in [0.15, 0.2) is 33.2 Å². The minimum absolute atomic E-state index is 0.654. The molecule has 3 aromatic rings. The molecule has 0 fully saturated rings. The molecule has 0 unspecified atom stereocenters. The van der Waals surface area contributed by atoms with Gasteiger partial charge < -0.3 is 4.42 Å². The fraction of sp³-hybridized carbons (Fsp3) is 0. The van der Waals surface area contributed by atoms with Crippen LogP contribution in [0.3, 0.4) is 0 Å². The third kappa shape index (κ3) is 0.876. The SMILES string of the molecule is O=Cc1cc2c3ccc(o3)c2cc1Br. The van der Waals surface area contributed by atoms with E-state index in [0.717, 1.165) is 32.7 Å². The number of hydrogen-bond donors (Lipinski definition) is 0. The van der Waals surface area contributed by atoms with Gasteiger partial charge in [-0.2, -0.15) is 0 Å². The second-order valence-corrected chi connectivity index (χ2v) is 4.06. The van der Waals surface area contributed by atoms with E-state index < -0.39 is 0 Å². The maximum Gasteiger partial charge on any atom is 0.151 e. The van der Waals surface area contributed by atoms with Gasteiger partial charge in [0.05, 0.1) is 0 Å². The van der Waals surface area contributed by atoms with Gasteiger partial charge in [0.25, 0.3) is 0 Å². The number of carbonyl (C=O) groups is 1. The van der Waals surface area contributed by atoms with E-state index in [1.54, 1.807) is 0 Å². The van der Waals surface area contributed by atoms with Crippen molar-refractivity contribution in [3.63, 3.8) is 0 Å². The van der Waals surface area contributed by atoms with Gasteiger partial charge in [-0.05, 0) is 24.3 Å². The molecular formula is C11H5BrO2. The van der Waals surface area contributed by atoms with Gasteiger partial charge in [0.2, 0.25) is 0 Å². The molecule has 68 valence electrons. The van der Waals surface area contributed by atoms with Crippen molar-refractivity contribution in [2.45, 2.75) is 0 Å². The fourth-order valence-electron chi connectivity index (χ4n) is 1.72. The van der Waals surface area contributed by atoms with Crippen LogP contribution in [-0.2, 0) is 0 Å². The monoisotopic (exact) mass is 248 g/mol. The Hall–Kier alpha value is -1.35. The summed E-state index contributed by atoms with van der Waals surface area (Å²) in [7, 11) is 0. The zero-order valence-corrected chi connectivity index (χ0v) is 8.67. The lowest BCUT2D eigenvalue weighted by Gasteiger charge is -1.97. The molecule has 2 aromatic heterocycles. The molecule has 0 N–H and O–H groups in total. The smallest absolute Gasteiger partial charge is 0.151 e.